The zero-order chi connectivity index (χ0) is 11.8. The molecule has 0 radical (unpaired) electrons. The summed E-state index contributed by atoms with van der Waals surface area (Å²) in [6, 6.07) is 0. The van der Waals surface area contributed by atoms with Crippen LogP contribution in [0, 0.1) is 22.2 Å². The number of hydrogen-bond donors (Lipinski definition) is 1. The highest BCUT2D eigenvalue weighted by atomic mass is 16.3. The van der Waals surface area contributed by atoms with Crippen LogP contribution in [-0.4, -0.2) is 11.2 Å². The molecule has 0 aromatic rings. The largest absolute Gasteiger partial charge is 0.392 e. The minimum Gasteiger partial charge on any atom is -0.392 e. The molecule has 2 bridgehead atoms. The van der Waals surface area contributed by atoms with Crippen LogP contribution in [0.3, 0.4) is 0 Å². The molecule has 0 spiro atoms. The van der Waals surface area contributed by atoms with Crippen molar-refractivity contribution in [2.24, 2.45) is 22.2 Å². The van der Waals surface area contributed by atoms with Gasteiger partial charge in [0.15, 0.2) is 0 Å². The zero-order valence-electron chi connectivity index (χ0n) is 10.8. The molecule has 0 aliphatic heterocycles. The van der Waals surface area contributed by atoms with Crippen LogP contribution >= 0.6 is 0 Å². The Morgan fingerprint density at radius 3 is 2.50 bits per heavy atom. The van der Waals surface area contributed by atoms with Crippen LogP contribution in [0.15, 0.2) is 12.2 Å². The first-order valence-electron chi connectivity index (χ1n) is 6.73. The lowest BCUT2D eigenvalue weighted by Crippen LogP contribution is -2.43. The molecule has 0 unspecified atom stereocenters. The van der Waals surface area contributed by atoms with Gasteiger partial charge in [0.1, 0.15) is 0 Å². The van der Waals surface area contributed by atoms with Gasteiger partial charge in [-0.3, -0.25) is 0 Å². The fourth-order valence-corrected chi connectivity index (χ4v) is 5.52. The average molecular weight is 220 g/mol. The normalized spacial score (nSPS) is 60.1. The van der Waals surface area contributed by atoms with Gasteiger partial charge in [0, 0.05) is 11.3 Å². The van der Waals surface area contributed by atoms with Crippen LogP contribution in [0.1, 0.15) is 52.9 Å². The molecule has 3 aliphatic rings. The number of aliphatic hydroxyl groups is 1. The summed E-state index contributed by atoms with van der Waals surface area (Å²) in [6.45, 7) is 11.4. The molecule has 0 aromatic carbocycles. The van der Waals surface area contributed by atoms with E-state index in [0.29, 0.717) is 16.7 Å². The molecule has 16 heavy (non-hydrogen) atoms. The van der Waals surface area contributed by atoms with E-state index in [4.69, 9.17) is 0 Å². The van der Waals surface area contributed by atoms with Crippen LogP contribution in [0.5, 0.6) is 0 Å². The Morgan fingerprint density at radius 2 is 1.81 bits per heavy atom. The SMILES string of the molecule is C=C1CC[C@@]2(C)[C@H](O)[C@H]1[C@@]1(C)CCC[C@@]21C. The molecule has 5 atom stereocenters. The van der Waals surface area contributed by atoms with Crippen LogP contribution in [0.4, 0.5) is 0 Å². The average Bonchev–Trinajstić information content (AvgIpc) is 2.55. The molecule has 1 nitrogen and oxygen atoms in total. The molecule has 90 valence electrons. The van der Waals surface area contributed by atoms with Crippen molar-refractivity contribution < 1.29 is 5.11 Å². The monoisotopic (exact) mass is 220 g/mol. The Balaban J connectivity index is 2.21. The van der Waals surface area contributed by atoms with Gasteiger partial charge in [-0.05, 0) is 36.5 Å². The van der Waals surface area contributed by atoms with Crippen LogP contribution in [-0.2, 0) is 0 Å². The third kappa shape index (κ3) is 0.827. The van der Waals surface area contributed by atoms with Gasteiger partial charge >= 0.3 is 0 Å². The van der Waals surface area contributed by atoms with Crippen molar-refractivity contribution in [3.05, 3.63) is 12.2 Å². The van der Waals surface area contributed by atoms with E-state index in [2.05, 4.69) is 27.4 Å². The van der Waals surface area contributed by atoms with Crippen molar-refractivity contribution in [3.63, 3.8) is 0 Å². The number of fused-ring (bicyclic) bond motifs is 5. The Labute approximate surface area is 98.9 Å². The van der Waals surface area contributed by atoms with Crippen molar-refractivity contribution in [3.8, 4) is 0 Å². The number of aliphatic hydroxyl groups excluding tert-OH is 1. The van der Waals surface area contributed by atoms with E-state index in [1.165, 1.54) is 24.8 Å². The molecule has 0 aromatic heterocycles. The van der Waals surface area contributed by atoms with E-state index in [0.717, 1.165) is 12.8 Å². The van der Waals surface area contributed by atoms with Crippen LogP contribution < -0.4 is 0 Å². The smallest absolute Gasteiger partial charge is 0.0669 e. The topological polar surface area (TPSA) is 20.2 Å². The van der Waals surface area contributed by atoms with Crippen molar-refractivity contribution in [1.82, 2.24) is 0 Å². The zero-order valence-corrected chi connectivity index (χ0v) is 10.8. The summed E-state index contributed by atoms with van der Waals surface area (Å²) in [5, 5.41) is 10.7. The second-order valence-corrected chi connectivity index (χ2v) is 7.10. The van der Waals surface area contributed by atoms with Crippen LogP contribution in [0.2, 0.25) is 0 Å². The Hall–Kier alpha value is -0.300. The molecule has 0 amide bonds. The summed E-state index contributed by atoms with van der Waals surface area (Å²) in [5.74, 6) is 0.360. The molecular weight excluding hydrogens is 196 g/mol. The highest BCUT2D eigenvalue weighted by Crippen LogP contribution is 2.76. The van der Waals surface area contributed by atoms with E-state index < -0.39 is 0 Å². The van der Waals surface area contributed by atoms with Gasteiger partial charge in [0.2, 0.25) is 0 Å². The summed E-state index contributed by atoms with van der Waals surface area (Å²) >= 11 is 0. The van der Waals surface area contributed by atoms with Crippen molar-refractivity contribution in [2.45, 2.75) is 59.0 Å². The highest BCUT2D eigenvalue weighted by molar-refractivity contribution is 5.29. The van der Waals surface area contributed by atoms with Gasteiger partial charge in [0.25, 0.3) is 0 Å². The van der Waals surface area contributed by atoms with Gasteiger partial charge in [-0.1, -0.05) is 39.3 Å². The lowest BCUT2D eigenvalue weighted by molar-refractivity contribution is -0.0347. The lowest BCUT2D eigenvalue weighted by Gasteiger charge is -2.46. The molecule has 1 N–H and O–H groups in total. The third-order valence-corrected chi connectivity index (χ3v) is 6.95. The summed E-state index contributed by atoms with van der Waals surface area (Å²) in [4.78, 5) is 0. The maximum absolute atomic E-state index is 10.7. The molecular formula is C15H24O. The predicted octanol–water partition coefficient (Wildman–Crippen LogP) is 3.53. The molecule has 3 aliphatic carbocycles. The maximum atomic E-state index is 10.7. The quantitative estimate of drug-likeness (QED) is 0.619. The van der Waals surface area contributed by atoms with Crippen LogP contribution in [0.25, 0.3) is 0 Å². The molecule has 0 saturated heterocycles. The summed E-state index contributed by atoms with van der Waals surface area (Å²) in [5.41, 5.74) is 2.07. The number of hydrogen-bond acceptors (Lipinski definition) is 1. The van der Waals surface area contributed by atoms with Crippen molar-refractivity contribution >= 4 is 0 Å². The maximum Gasteiger partial charge on any atom is 0.0669 e. The van der Waals surface area contributed by atoms with Crippen molar-refractivity contribution in [1.29, 1.82) is 0 Å². The third-order valence-electron chi connectivity index (χ3n) is 6.95. The summed E-state index contributed by atoms with van der Waals surface area (Å²) in [6.07, 6.45) is 6.02. The van der Waals surface area contributed by atoms with Gasteiger partial charge in [-0.2, -0.15) is 0 Å². The molecule has 1 heteroatoms. The second kappa shape index (κ2) is 2.75. The second-order valence-electron chi connectivity index (χ2n) is 7.10. The summed E-state index contributed by atoms with van der Waals surface area (Å²) in [7, 11) is 0. The van der Waals surface area contributed by atoms with E-state index >= 15 is 0 Å². The Bertz CT molecular complexity index is 360. The van der Waals surface area contributed by atoms with Gasteiger partial charge in [0.05, 0.1) is 6.10 Å². The molecule has 0 heterocycles. The molecule has 3 fully saturated rings. The first kappa shape index (κ1) is 10.8. The van der Waals surface area contributed by atoms with E-state index in [1.54, 1.807) is 0 Å². The predicted molar refractivity (Wildman–Crippen MR) is 66.0 cm³/mol. The first-order valence-corrected chi connectivity index (χ1v) is 6.73. The van der Waals surface area contributed by atoms with Gasteiger partial charge in [-0.15, -0.1) is 0 Å². The Morgan fingerprint density at radius 1 is 1.12 bits per heavy atom. The van der Waals surface area contributed by atoms with E-state index in [1.807, 2.05) is 0 Å². The standard InChI is InChI=1S/C15H24O/c1-10-6-9-14(3)12(16)11(10)13(2)7-5-8-15(13,14)4/h11-12,16H,1,5-9H2,2-4H3/t11-,12+,13+,14-,15+/m0/s1. The molecule has 3 saturated carbocycles. The van der Waals surface area contributed by atoms with Crippen molar-refractivity contribution in [2.75, 3.05) is 0 Å². The summed E-state index contributed by atoms with van der Waals surface area (Å²) < 4.78 is 0. The number of rotatable bonds is 0. The fraction of sp³-hybridized carbons (Fsp3) is 0.867. The van der Waals surface area contributed by atoms with Gasteiger partial charge in [-0.25, -0.2) is 0 Å². The molecule has 3 rings (SSSR count). The van der Waals surface area contributed by atoms with Gasteiger partial charge < -0.3 is 5.11 Å². The first-order chi connectivity index (χ1) is 7.37. The Kier molecular flexibility index (Phi) is 1.86. The minimum atomic E-state index is -0.149. The highest BCUT2D eigenvalue weighted by Gasteiger charge is 2.72. The minimum absolute atomic E-state index is 0.129. The van der Waals surface area contributed by atoms with E-state index in [-0.39, 0.29) is 11.5 Å². The lowest BCUT2D eigenvalue weighted by atomic mass is 9.59. The van der Waals surface area contributed by atoms with E-state index in [9.17, 15) is 5.11 Å². The fourth-order valence-electron chi connectivity index (χ4n) is 5.52.